The van der Waals surface area contributed by atoms with Gasteiger partial charge in [0.05, 0.1) is 0 Å². The average Bonchev–Trinajstić information content (AvgIpc) is 2.44. The topological polar surface area (TPSA) is 44.2 Å². The molecule has 106 valence electrons. The number of hydrogen-bond donors (Lipinski definition) is 0. The third-order valence-corrected chi connectivity index (χ3v) is 3.13. The molecule has 0 aliphatic heterocycles. The summed E-state index contributed by atoms with van der Waals surface area (Å²) in [7, 11) is 0. The molecule has 0 fully saturated rings. The average molecular weight is 290 g/mol. The van der Waals surface area contributed by atoms with Gasteiger partial charge in [0.25, 0.3) is 5.88 Å². The lowest BCUT2D eigenvalue weighted by molar-refractivity contribution is -0.277. The Morgan fingerprint density at radius 3 is 2.55 bits per heavy atom. The minimum Gasteiger partial charge on any atom is -0.316 e. The monoisotopic (exact) mass is 290 g/mol. The molecule has 0 N–H and O–H groups in total. The molecule has 0 amide bonds. The van der Waals surface area contributed by atoms with Crippen LogP contribution in [0.1, 0.15) is 26.3 Å². The highest BCUT2D eigenvalue weighted by Gasteiger charge is 2.13. The predicted molar refractivity (Wildman–Crippen MR) is 79.5 cm³/mol. The summed E-state index contributed by atoms with van der Waals surface area (Å²) < 4.78 is 0. The lowest BCUT2D eigenvalue weighted by Crippen LogP contribution is -2.21. The lowest BCUT2D eigenvalue weighted by Gasteiger charge is -2.17. The van der Waals surface area contributed by atoms with E-state index in [0.717, 1.165) is 5.75 Å². The van der Waals surface area contributed by atoms with Gasteiger partial charge in [0.1, 0.15) is 5.60 Å². The maximum Gasteiger partial charge on any atom is 0.260 e. The molecule has 1 heterocycles. The van der Waals surface area contributed by atoms with E-state index < -0.39 is 0 Å². The van der Waals surface area contributed by atoms with Gasteiger partial charge in [0.2, 0.25) is 0 Å². The summed E-state index contributed by atoms with van der Waals surface area (Å²) in [6, 6.07) is 11.9. The zero-order valence-corrected chi connectivity index (χ0v) is 12.7. The van der Waals surface area contributed by atoms with E-state index in [2.05, 4.69) is 22.1 Å². The van der Waals surface area contributed by atoms with Crippen LogP contribution in [0.2, 0.25) is 0 Å². The predicted octanol–water partition coefficient (Wildman–Crippen LogP) is 3.88. The molecule has 0 aliphatic rings. The standard InChI is InChI=1S/C15H18N2O2S/c1-15(2,3)19-18-13-9-10-16-14(17-13)20-11-12-7-5-4-6-8-12/h4-10H,11H2,1-3H3. The highest BCUT2D eigenvalue weighted by atomic mass is 32.2. The summed E-state index contributed by atoms with van der Waals surface area (Å²) in [5, 5.41) is 0.670. The van der Waals surface area contributed by atoms with Gasteiger partial charge >= 0.3 is 0 Å². The molecule has 0 spiro atoms. The van der Waals surface area contributed by atoms with Crippen LogP contribution in [-0.4, -0.2) is 15.6 Å². The molecular weight excluding hydrogens is 272 g/mol. The maximum absolute atomic E-state index is 5.23. The van der Waals surface area contributed by atoms with Crippen LogP contribution in [0.5, 0.6) is 5.88 Å². The van der Waals surface area contributed by atoms with E-state index in [-0.39, 0.29) is 5.60 Å². The fourth-order valence-corrected chi connectivity index (χ4v) is 2.11. The van der Waals surface area contributed by atoms with E-state index >= 15 is 0 Å². The zero-order valence-electron chi connectivity index (χ0n) is 11.9. The normalized spacial score (nSPS) is 11.3. The van der Waals surface area contributed by atoms with Crippen LogP contribution >= 0.6 is 11.8 Å². The van der Waals surface area contributed by atoms with Crippen molar-refractivity contribution in [1.29, 1.82) is 0 Å². The van der Waals surface area contributed by atoms with Gasteiger partial charge in [-0.15, -0.1) is 0 Å². The van der Waals surface area contributed by atoms with E-state index in [1.165, 1.54) is 5.56 Å². The maximum atomic E-state index is 5.23. The van der Waals surface area contributed by atoms with Crippen molar-refractivity contribution in [3.05, 3.63) is 48.2 Å². The van der Waals surface area contributed by atoms with E-state index in [9.17, 15) is 0 Å². The van der Waals surface area contributed by atoms with E-state index in [0.29, 0.717) is 11.0 Å². The molecule has 0 radical (unpaired) electrons. The Morgan fingerprint density at radius 2 is 1.85 bits per heavy atom. The van der Waals surface area contributed by atoms with Gasteiger partial charge in [-0.25, -0.2) is 4.98 Å². The first kappa shape index (κ1) is 14.8. The largest absolute Gasteiger partial charge is 0.316 e. The summed E-state index contributed by atoms with van der Waals surface area (Å²) >= 11 is 1.56. The number of aromatic nitrogens is 2. The zero-order chi connectivity index (χ0) is 14.4. The smallest absolute Gasteiger partial charge is 0.260 e. The van der Waals surface area contributed by atoms with Crippen molar-refractivity contribution in [2.24, 2.45) is 0 Å². The molecule has 1 aromatic carbocycles. The SMILES string of the molecule is CC(C)(C)OOc1ccnc(SCc2ccccc2)n1. The van der Waals surface area contributed by atoms with Crippen molar-refractivity contribution in [3.8, 4) is 5.88 Å². The number of benzene rings is 1. The number of hydrogen-bond acceptors (Lipinski definition) is 5. The van der Waals surface area contributed by atoms with Crippen LogP contribution in [0.25, 0.3) is 0 Å². The summed E-state index contributed by atoms with van der Waals surface area (Å²) in [6.07, 6.45) is 1.67. The van der Waals surface area contributed by atoms with Crippen LogP contribution < -0.4 is 4.89 Å². The highest BCUT2D eigenvalue weighted by molar-refractivity contribution is 7.98. The molecule has 0 aliphatic carbocycles. The Kier molecular flexibility index (Phi) is 4.98. The number of nitrogens with zero attached hydrogens (tertiary/aromatic N) is 2. The number of rotatable bonds is 5. The molecular formula is C15H18N2O2S. The fraction of sp³-hybridized carbons (Fsp3) is 0.333. The molecule has 4 nitrogen and oxygen atoms in total. The van der Waals surface area contributed by atoms with Gasteiger partial charge in [0, 0.05) is 18.0 Å². The summed E-state index contributed by atoms with van der Waals surface area (Å²) in [5.74, 6) is 1.25. The van der Waals surface area contributed by atoms with E-state index in [4.69, 9.17) is 9.78 Å². The minimum absolute atomic E-state index is 0.373. The summed E-state index contributed by atoms with van der Waals surface area (Å²) in [5.41, 5.74) is 0.862. The Balaban J connectivity index is 1.92. The Hall–Kier alpha value is -1.59. The molecule has 0 saturated carbocycles. The van der Waals surface area contributed by atoms with Crippen molar-refractivity contribution in [1.82, 2.24) is 9.97 Å². The molecule has 0 saturated heterocycles. The second-order valence-corrected chi connectivity index (χ2v) is 6.17. The van der Waals surface area contributed by atoms with E-state index in [1.807, 2.05) is 39.0 Å². The Bertz CT molecular complexity index is 541. The first-order valence-electron chi connectivity index (χ1n) is 6.38. The second kappa shape index (κ2) is 6.72. The Morgan fingerprint density at radius 1 is 1.10 bits per heavy atom. The molecule has 2 rings (SSSR count). The van der Waals surface area contributed by atoms with Crippen LogP contribution in [0.3, 0.4) is 0 Å². The lowest BCUT2D eigenvalue weighted by atomic mass is 10.2. The van der Waals surface area contributed by atoms with Gasteiger partial charge in [-0.3, -0.25) is 0 Å². The van der Waals surface area contributed by atoms with Crippen molar-refractivity contribution in [2.75, 3.05) is 0 Å². The van der Waals surface area contributed by atoms with Crippen LogP contribution in [-0.2, 0) is 10.6 Å². The van der Waals surface area contributed by atoms with Crippen molar-refractivity contribution in [3.63, 3.8) is 0 Å². The molecule has 0 unspecified atom stereocenters. The van der Waals surface area contributed by atoms with Gasteiger partial charge in [-0.05, 0) is 26.3 Å². The third kappa shape index (κ3) is 5.19. The fourth-order valence-electron chi connectivity index (χ4n) is 1.33. The minimum atomic E-state index is -0.373. The van der Waals surface area contributed by atoms with Gasteiger partial charge < -0.3 is 4.89 Å². The molecule has 1 aromatic heterocycles. The molecule has 0 bridgehead atoms. The highest BCUT2D eigenvalue weighted by Crippen LogP contribution is 2.21. The van der Waals surface area contributed by atoms with Crippen molar-refractivity contribution >= 4 is 11.8 Å². The van der Waals surface area contributed by atoms with E-state index in [1.54, 1.807) is 24.0 Å². The molecule has 0 atom stereocenters. The first-order valence-corrected chi connectivity index (χ1v) is 7.37. The van der Waals surface area contributed by atoms with Gasteiger partial charge in [-0.2, -0.15) is 9.87 Å². The Labute approximate surface area is 123 Å². The second-order valence-electron chi connectivity index (χ2n) is 5.23. The molecule has 5 heteroatoms. The molecule has 2 aromatic rings. The van der Waals surface area contributed by atoms with Gasteiger partial charge in [0.15, 0.2) is 5.16 Å². The van der Waals surface area contributed by atoms with Crippen LogP contribution in [0.4, 0.5) is 0 Å². The summed E-state index contributed by atoms with van der Waals surface area (Å²) in [4.78, 5) is 18.9. The quantitative estimate of drug-likeness (QED) is 0.362. The van der Waals surface area contributed by atoms with Crippen LogP contribution in [0.15, 0.2) is 47.8 Å². The molecule has 20 heavy (non-hydrogen) atoms. The number of thioether (sulfide) groups is 1. The van der Waals surface area contributed by atoms with Crippen LogP contribution in [0, 0.1) is 0 Å². The van der Waals surface area contributed by atoms with Crippen molar-refractivity contribution < 1.29 is 9.78 Å². The van der Waals surface area contributed by atoms with Crippen molar-refractivity contribution in [2.45, 2.75) is 37.3 Å². The van der Waals surface area contributed by atoms with Gasteiger partial charge in [-0.1, -0.05) is 42.1 Å². The summed E-state index contributed by atoms with van der Waals surface area (Å²) in [6.45, 7) is 5.75. The third-order valence-electron chi connectivity index (χ3n) is 2.20. The first-order chi connectivity index (χ1) is 9.53.